The molecule has 1 aliphatic heterocycles. The summed E-state index contributed by atoms with van der Waals surface area (Å²) in [7, 11) is 0. The standard InChI is InChI=1S/C45H52N2O6S/c48-29-40(27-35-22-24-42(25-23-35)52-30-36-16-8-4-9-17-36)46-43(49)28-38-20-12-1-2-13-21-39(26-34-14-6-3-7-15-34)45(51)53-31-41(47-44(38)50)33-54-32-37-18-10-5-11-19-37/h1,3-12,14-19,22-25,38-41,48H,2,13,20-21,26-33H2,(H,46,49)(H,47,50). The lowest BCUT2D eigenvalue weighted by Gasteiger charge is -2.24. The van der Waals surface area contributed by atoms with Crippen molar-refractivity contribution < 1.29 is 29.0 Å². The first-order chi connectivity index (χ1) is 26.4. The van der Waals surface area contributed by atoms with E-state index in [4.69, 9.17) is 9.47 Å². The van der Waals surface area contributed by atoms with E-state index in [1.807, 2.05) is 115 Å². The van der Waals surface area contributed by atoms with Crippen LogP contribution in [-0.2, 0) is 44.3 Å². The van der Waals surface area contributed by atoms with Crippen molar-refractivity contribution in [3.8, 4) is 5.75 Å². The molecule has 54 heavy (non-hydrogen) atoms. The molecule has 4 unspecified atom stereocenters. The number of nitrogens with one attached hydrogen (secondary N) is 2. The highest BCUT2D eigenvalue weighted by molar-refractivity contribution is 7.98. The van der Waals surface area contributed by atoms with Crippen LogP contribution >= 0.6 is 11.8 Å². The third-order valence-electron chi connectivity index (χ3n) is 9.41. The number of hydrogen-bond acceptors (Lipinski definition) is 7. The average Bonchev–Trinajstić information content (AvgIpc) is 3.20. The van der Waals surface area contributed by atoms with Gasteiger partial charge in [-0.15, -0.1) is 0 Å². The van der Waals surface area contributed by atoms with E-state index in [-0.39, 0.29) is 43.3 Å². The lowest BCUT2D eigenvalue weighted by molar-refractivity contribution is -0.150. The van der Waals surface area contributed by atoms with Crippen molar-refractivity contribution in [3.05, 3.63) is 150 Å². The summed E-state index contributed by atoms with van der Waals surface area (Å²) in [5.74, 6) is 0.280. The Hall–Kier alpha value is -4.86. The second kappa shape index (κ2) is 22.4. The summed E-state index contributed by atoms with van der Waals surface area (Å²) in [5.41, 5.74) is 4.28. The van der Waals surface area contributed by atoms with Gasteiger partial charge in [-0.1, -0.05) is 115 Å². The Balaban J connectivity index is 1.20. The van der Waals surface area contributed by atoms with Crippen LogP contribution in [0.4, 0.5) is 0 Å². The molecule has 4 aromatic rings. The summed E-state index contributed by atoms with van der Waals surface area (Å²) >= 11 is 1.66. The smallest absolute Gasteiger partial charge is 0.309 e. The molecule has 8 nitrogen and oxygen atoms in total. The maximum absolute atomic E-state index is 13.8. The number of rotatable bonds is 15. The Labute approximate surface area is 323 Å². The van der Waals surface area contributed by atoms with E-state index >= 15 is 0 Å². The molecule has 0 bridgehead atoms. The maximum atomic E-state index is 13.8. The Bertz CT molecular complexity index is 1740. The summed E-state index contributed by atoms with van der Waals surface area (Å²) in [4.78, 5) is 40.7. The molecule has 1 aliphatic rings. The number of esters is 1. The molecule has 0 saturated carbocycles. The number of ether oxygens (including phenoxy) is 2. The van der Waals surface area contributed by atoms with Crippen molar-refractivity contribution in [2.45, 2.75) is 69.4 Å². The molecule has 284 valence electrons. The number of amides is 2. The zero-order chi connectivity index (χ0) is 37.8. The first-order valence-corrected chi connectivity index (χ1v) is 20.0. The molecule has 3 N–H and O–H groups in total. The van der Waals surface area contributed by atoms with Gasteiger partial charge in [0.05, 0.1) is 30.5 Å². The van der Waals surface area contributed by atoms with Gasteiger partial charge in [0.25, 0.3) is 0 Å². The highest BCUT2D eigenvalue weighted by atomic mass is 32.2. The van der Waals surface area contributed by atoms with Gasteiger partial charge in [-0.2, -0.15) is 11.8 Å². The van der Waals surface area contributed by atoms with Crippen molar-refractivity contribution in [2.24, 2.45) is 11.8 Å². The molecule has 0 fully saturated rings. The number of hydrogen-bond donors (Lipinski definition) is 3. The second-order valence-corrected chi connectivity index (χ2v) is 14.9. The molecule has 0 radical (unpaired) electrons. The first kappa shape index (κ1) is 40.3. The maximum Gasteiger partial charge on any atom is 0.309 e. The van der Waals surface area contributed by atoms with Gasteiger partial charge in [0.15, 0.2) is 0 Å². The van der Waals surface area contributed by atoms with Gasteiger partial charge in [0, 0.05) is 17.9 Å². The number of carbonyl (C=O) groups is 3. The lowest BCUT2D eigenvalue weighted by Crippen LogP contribution is -2.46. The predicted octanol–water partition coefficient (Wildman–Crippen LogP) is 7.24. The summed E-state index contributed by atoms with van der Waals surface area (Å²) < 4.78 is 11.8. The van der Waals surface area contributed by atoms with Crippen molar-refractivity contribution in [1.29, 1.82) is 0 Å². The second-order valence-electron chi connectivity index (χ2n) is 13.8. The topological polar surface area (TPSA) is 114 Å². The molecule has 0 aliphatic carbocycles. The molecular weight excluding hydrogens is 697 g/mol. The molecule has 0 spiro atoms. The van der Waals surface area contributed by atoms with Gasteiger partial charge in [-0.25, -0.2) is 0 Å². The van der Waals surface area contributed by atoms with Gasteiger partial charge < -0.3 is 25.2 Å². The minimum absolute atomic E-state index is 0.0399. The number of cyclic esters (lactones) is 1. The van der Waals surface area contributed by atoms with Crippen LogP contribution in [0.1, 0.15) is 54.4 Å². The molecular formula is C45H52N2O6S. The SMILES string of the molecule is O=C(CC1CC=CCCCC(Cc2ccccc2)C(=O)OCC(CSCc2ccccc2)NC1=O)NC(CO)Cc1ccc(OCc2ccccc2)cc1. The monoisotopic (exact) mass is 748 g/mol. The lowest BCUT2D eigenvalue weighted by atomic mass is 9.93. The van der Waals surface area contributed by atoms with Gasteiger partial charge in [0.2, 0.25) is 11.8 Å². The fraction of sp³-hybridized carbons (Fsp3) is 0.356. The molecule has 1 heterocycles. The predicted molar refractivity (Wildman–Crippen MR) is 215 cm³/mol. The Morgan fingerprint density at radius 2 is 1.50 bits per heavy atom. The van der Waals surface area contributed by atoms with Crippen LogP contribution in [0, 0.1) is 11.8 Å². The van der Waals surface area contributed by atoms with Gasteiger partial charge in [-0.3, -0.25) is 14.4 Å². The molecule has 0 saturated heterocycles. The fourth-order valence-corrected chi connectivity index (χ4v) is 7.42. The molecule has 4 aromatic carbocycles. The van der Waals surface area contributed by atoms with Gasteiger partial charge >= 0.3 is 5.97 Å². The molecule has 9 heteroatoms. The average molecular weight is 749 g/mol. The summed E-state index contributed by atoms with van der Waals surface area (Å²) in [6, 6.07) is 36.7. The van der Waals surface area contributed by atoms with Crippen molar-refractivity contribution in [2.75, 3.05) is 19.0 Å². The van der Waals surface area contributed by atoms with Crippen LogP contribution in [0.3, 0.4) is 0 Å². The number of carbonyl (C=O) groups excluding carboxylic acids is 3. The highest BCUT2D eigenvalue weighted by Gasteiger charge is 2.27. The Morgan fingerprint density at radius 3 is 2.19 bits per heavy atom. The van der Waals surface area contributed by atoms with Crippen LogP contribution < -0.4 is 15.4 Å². The number of benzene rings is 4. The van der Waals surface area contributed by atoms with E-state index in [0.29, 0.717) is 38.0 Å². The molecule has 5 rings (SSSR count). The number of allylic oxidation sites excluding steroid dienone is 2. The minimum Gasteiger partial charge on any atom is -0.489 e. The van der Waals surface area contributed by atoms with Crippen LogP contribution in [0.25, 0.3) is 0 Å². The van der Waals surface area contributed by atoms with Crippen LogP contribution in [0.15, 0.2) is 127 Å². The van der Waals surface area contributed by atoms with Crippen molar-refractivity contribution in [1.82, 2.24) is 10.6 Å². The van der Waals surface area contributed by atoms with E-state index in [9.17, 15) is 19.5 Å². The summed E-state index contributed by atoms with van der Waals surface area (Å²) in [6.45, 7) is 0.272. The third kappa shape index (κ3) is 14.2. The van der Waals surface area contributed by atoms with Gasteiger partial charge in [0.1, 0.15) is 19.0 Å². The van der Waals surface area contributed by atoms with Crippen LogP contribution in [0.5, 0.6) is 5.75 Å². The first-order valence-electron chi connectivity index (χ1n) is 18.9. The largest absolute Gasteiger partial charge is 0.489 e. The highest BCUT2D eigenvalue weighted by Crippen LogP contribution is 2.21. The molecule has 0 aromatic heterocycles. The van der Waals surface area contributed by atoms with Crippen molar-refractivity contribution >= 4 is 29.5 Å². The Kier molecular flexibility index (Phi) is 16.7. The van der Waals surface area contributed by atoms with E-state index in [1.54, 1.807) is 11.8 Å². The normalized spacial score (nSPS) is 18.8. The molecule has 4 atom stereocenters. The zero-order valence-electron chi connectivity index (χ0n) is 30.8. The number of aliphatic hydroxyl groups is 1. The van der Waals surface area contributed by atoms with E-state index < -0.39 is 18.0 Å². The Morgan fingerprint density at radius 1 is 0.833 bits per heavy atom. The van der Waals surface area contributed by atoms with Crippen molar-refractivity contribution in [3.63, 3.8) is 0 Å². The quantitative estimate of drug-likeness (QED) is 0.0868. The van der Waals surface area contributed by atoms with E-state index in [2.05, 4.69) is 22.8 Å². The van der Waals surface area contributed by atoms with Crippen LogP contribution in [-0.4, -0.2) is 53.9 Å². The summed E-state index contributed by atoms with van der Waals surface area (Å²) in [5, 5.41) is 16.2. The van der Waals surface area contributed by atoms with E-state index in [0.717, 1.165) is 41.0 Å². The summed E-state index contributed by atoms with van der Waals surface area (Å²) in [6.07, 6.45) is 7.63. The van der Waals surface area contributed by atoms with Crippen LogP contribution in [0.2, 0.25) is 0 Å². The molecule has 2 amide bonds. The van der Waals surface area contributed by atoms with Gasteiger partial charge in [-0.05, 0) is 72.9 Å². The fourth-order valence-electron chi connectivity index (χ4n) is 6.41. The van der Waals surface area contributed by atoms with E-state index in [1.165, 1.54) is 5.56 Å². The minimum atomic E-state index is -0.632. The number of thioether (sulfide) groups is 1. The zero-order valence-corrected chi connectivity index (χ0v) is 31.6. The third-order valence-corrected chi connectivity index (χ3v) is 10.6. The number of aliphatic hydroxyl groups excluding tert-OH is 1.